The van der Waals surface area contributed by atoms with Crippen molar-refractivity contribution in [3.8, 4) is 0 Å². The summed E-state index contributed by atoms with van der Waals surface area (Å²) in [7, 11) is 1.49. The SMILES string of the molecule is CN(Cc1cccc(F)c1)c1c(F)cc(C=O)cc1F. The Bertz CT molecular complexity index is 620. The first-order valence-corrected chi connectivity index (χ1v) is 5.91. The largest absolute Gasteiger partial charge is 0.366 e. The van der Waals surface area contributed by atoms with Gasteiger partial charge in [-0.25, -0.2) is 13.2 Å². The number of aldehydes is 1. The highest BCUT2D eigenvalue weighted by Crippen LogP contribution is 2.25. The van der Waals surface area contributed by atoms with Crippen LogP contribution in [0.5, 0.6) is 0 Å². The maximum Gasteiger partial charge on any atom is 0.150 e. The van der Waals surface area contributed by atoms with Crippen molar-refractivity contribution in [1.29, 1.82) is 0 Å². The van der Waals surface area contributed by atoms with Gasteiger partial charge in [-0.15, -0.1) is 0 Å². The average molecular weight is 279 g/mol. The molecule has 2 aromatic carbocycles. The molecule has 2 rings (SSSR count). The van der Waals surface area contributed by atoms with Crippen LogP contribution in [0.4, 0.5) is 18.9 Å². The molecule has 5 heteroatoms. The Kier molecular flexibility index (Phi) is 4.08. The van der Waals surface area contributed by atoms with E-state index in [1.165, 1.54) is 30.1 Å². The van der Waals surface area contributed by atoms with Gasteiger partial charge in [0, 0.05) is 19.2 Å². The van der Waals surface area contributed by atoms with Gasteiger partial charge < -0.3 is 4.90 Å². The van der Waals surface area contributed by atoms with Crippen LogP contribution in [-0.4, -0.2) is 13.3 Å². The molecule has 0 atom stereocenters. The van der Waals surface area contributed by atoms with Crippen LogP contribution in [0.15, 0.2) is 36.4 Å². The van der Waals surface area contributed by atoms with Crippen molar-refractivity contribution in [2.24, 2.45) is 0 Å². The van der Waals surface area contributed by atoms with Crippen LogP contribution in [-0.2, 0) is 6.54 Å². The van der Waals surface area contributed by atoms with Gasteiger partial charge in [-0.1, -0.05) is 12.1 Å². The van der Waals surface area contributed by atoms with Crippen molar-refractivity contribution in [1.82, 2.24) is 0 Å². The van der Waals surface area contributed by atoms with E-state index in [2.05, 4.69) is 0 Å². The normalized spacial score (nSPS) is 10.4. The molecular formula is C15H12F3NO. The molecule has 0 spiro atoms. The molecule has 0 aliphatic heterocycles. The van der Waals surface area contributed by atoms with Crippen LogP contribution in [0, 0.1) is 17.5 Å². The van der Waals surface area contributed by atoms with E-state index < -0.39 is 17.5 Å². The highest BCUT2D eigenvalue weighted by atomic mass is 19.1. The van der Waals surface area contributed by atoms with Crippen molar-refractivity contribution >= 4 is 12.0 Å². The second-order valence-electron chi connectivity index (χ2n) is 4.44. The van der Waals surface area contributed by atoms with Crippen molar-refractivity contribution in [2.75, 3.05) is 11.9 Å². The van der Waals surface area contributed by atoms with Crippen LogP contribution in [0.1, 0.15) is 15.9 Å². The highest BCUT2D eigenvalue weighted by Gasteiger charge is 2.15. The van der Waals surface area contributed by atoms with Gasteiger partial charge in [0.05, 0.1) is 0 Å². The van der Waals surface area contributed by atoms with Crippen LogP contribution in [0.2, 0.25) is 0 Å². The predicted octanol–water partition coefficient (Wildman–Crippen LogP) is 3.55. The Labute approximate surface area is 114 Å². The third-order valence-corrected chi connectivity index (χ3v) is 2.87. The number of hydrogen-bond donors (Lipinski definition) is 0. The summed E-state index contributed by atoms with van der Waals surface area (Å²) in [5.74, 6) is -2.06. The fourth-order valence-corrected chi connectivity index (χ4v) is 2.01. The molecule has 20 heavy (non-hydrogen) atoms. The molecule has 0 heterocycles. The van der Waals surface area contributed by atoms with E-state index in [1.54, 1.807) is 6.07 Å². The monoisotopic (exact) mass is 279 g/mol. The van der Waals surface area contributed by atoms with E-state index in [9.17, 15) is 18.0 Å². The van der Waals surface area contributed by atoms with Gasteiger partial charge in [-0.3, -0.25) is 4.79 Å². The predicted molar refractivity (Wildman–Crippen MR) is 70.3 cm³/mol. The molecule has 0 aliphatic carbocycles. The van der Waals surface area contributed by atoms with Crippen LogP contribution < -0.4 is 4.90 Å². The molecule has 0 unspecified atom stereocenters. The number of benzene rings is 2. The second-order valence-corrected chi connectivity index (χ2v) is 4.44. The van der Waals surface area contributed by atoms with Crippen LogP contribution >= 0.6 is 0 Å². The summed E-state index contributed by atoms with van der Waals surface area (Å²) >= 11 is 0. The summed E-state index contributed by atoms with van der Waals surface area (Å²) in [5, 5.41) is 0. The molecular weight excluding hydrogens is 267 g/mol. The quantitative estimate of drug-likeness (QED) is 0.798. The van der Waals surface area contributed by atoms with Gasteiger partial charge in [0.2, 0.25) is 0 Å². The first-order valence-electron chi connectivity index (χ1n) is 5.91. The van der Waals surface area contributed by atoms with Crippen molar-refractivity contribution in [2.45, 2.75) is 6.54 Å². The first-order chi connectivity index (χ1) is 9.51. The summed E-state index contributed by atoms with van der Waals surface area (Å²) in [6, 6.07) is 7.71. The van der Waals surface area contributed by atoms with Crippen LogP contribution in [0.3, 0.4) is 0 Å². The minimum Gasteiger partial charge on any atom is -0.366 e. The highest BCUT2D eigenvalue weighted by molar-refractivity contribution is 5.76. The molecule has 0 aliphatic rings. The summed E-state index contributed by atoms with van der Waals surface area (Å²) in [5.41, 5.74) is 0.272. The molecule has 2 aromatic rings. The number of nitrogens with zero attached hydrogens (tertiary/aromatic N) is 1. The lowest BCUT2D eigenvalue weighted by Crippen LogP contribution is -2.19. The second kappa shape index (κ2) is 5.77. The van der Waals surface area contributed by atoms with Crippen molar-refractivity contribution in [3.63, 3.8) is 0 Å². The number of rotatable bonds is 4. The fraction of sp³-hybridized carbons (Fsp3) is 0.133. The van der Waals surface area contributed by atoms with Gasteiger partial charge >= 0.3 is 0 Å². The summed E-state index contributed by atoms with van der Waals surface area (Å²) < 4.78 is 40.7. The third kappa shape index (κ3) is 2.99. The molecule has 104 valence electrons. The maximum atomic E-state index is 13.8. The first kappa shape index (κ1) is 14.1. The standard InChI is InChI=1S/C15H12F3NO/c1-19(8-10-3-2-4-12(16)5-10)15-13(17)6-11(9-20)7-14(15)18/h2-7,9H,8H2,1H3. The van der Waals surface area contributed by atoms with E-state index in [0.29, 0.717) is 11.8 Å². The summed E-state index contributed by atoms with van der Waals surface area (Å²) in [6.45, 7) is 0.145. The smallest absolute Gasteiger partial charge is 0.150 e. The zero-order valence-electron chi connectivity index (χ0n) is 10.7. The van der Waals surface area contributed by atoms with Gasteiger partial charge in [-0.05, 0) is 29.8 Å². The Balaban J connectivity index is 2.29. The number of halogens is 3. The van der Waals surface area contributed by atoms with E-state index in [-0.39, 0.29) is 17.8 Å². The fourth-order valence-electron chi connectivity index (χ4n) is 2.01. The molecule has 0 amide bonds. The minimum atomic E-state index is -0.828. The zero-order valence-corrected chi connectivity index (χ0v) is 10.7. The van der Waals surface area contributed by atoms with Crippen molar-refractivity contribution in [3.05, 3.63) is 65.0 Å². The molecule has 2 nitrogen and oxygen atoms in total. The maximum absolute atomic E-state index is 13.8. The Morgan fingerprint density at radius 1 is 1.10 bits per heavy atom. The molecule has 0 fully saturated rings. The number of carbonyl (C=O) groups excluding carboxylic acids is 1. The van der Waals surface area contributed by atoms with E-state index in [0.717, 1.165) is 12.1 Å². The van der Waals surface area contributed by atoms with Gasteiger partial charge in [0.15, 0.2) is 0 Å². The third-order valence-electron chi connectivity index (χ3n) is 2.87. The lowest BCUT2D eigenvalue weighted by Gasteiger charge is -2.21. The molecule has 0 aromatic heterocycles. The topological polar surface area (TPSA) is 20.3 Å². The Morgan fingerprint density at radius 2 is 1.75 bits per heavy atom. The lowest BCUT2D eigenvalue weighted by molar-refractivity contribution is 0.112. The molecule has 0 saturated carbocycles. The average Bonchev–Trinajstić information content (AvgIpc) is 2.37. The van der Waals surface area contributed by atoms with Gasteiger partial charge in [-0.2, -0.15) is 0 Å². The lowest BCUT2D eigenvalue weighted by atomic mass is 10.1. The number of hydrogen-bond acceptors (Lipinski definition) is 2. The molecule has 0 radical (unpaired) electrons. The zero-order chi connectivity index (χ0) is 14.7. The van der Waals surface area contributed by atoms with E-state index >= 15 is 0 Å². The van der Waals surface area contributed by atoms with Crippen LogP contribution in [0.25, 0.3) is 0 Å². The summed E-state index contributed by atoms with van der Waals surface area (Å²) in [4.78, 5) is 11.9. The Hall–Kier alpha value is -2.30. The number of anilines is 1. The van der Waals surface area contributed by atoms with Crippen molar-refractivity contribution < 1.29 is 18.0 Å². The molecule has 0 saturated heterocycles. The van der Waals surface area contributed by atoms with E-state index in [1.807, 2.05) is 0 Å². The van der Waals surface area contributed by atoms with Gasteiger partial charge in [0.25, 0.3) is 0 Å². The van der Waals surface area contributed by atoms with E-state index in [4.69, 9.17) is 0 Å². The molecule has 0 bridgehead atoms. The molecule has 0 N–H and O–H groups in total. The Morgan fingerprint density at radius 3 is 2.30 bits per heavy atom. The number of carbonyl (C=O) groups is 1. The van der Waals surface area contributed by atoms with Gasteiger partial charge in [0.1, 0.15) is 29.4 Å². The minimum absolute atomic E-state index is 0.0668. The summed E-state index contributed by atoms with van der Waals surface area (Å²) in [6.07, 6.45) is 0.377.